The number of anilines is 2. The maximum absolute atomic E-state index is 12.1. The van der Waals surface area contributed by atoms with Gasteiger partial charge in [0.15, 0.2) is 0 Å². The molecule has 2 heterocycles. The van der Waals surface area contributed by atoms with Crippen molar-refractivity contribution >= 4 is 17.4 Å². The molecule has 2 aromatic rings. The summed E-state index contributed by atoms with van der Waals surface area (Å²) in [6.45, 7) is 3.20. The van der Waals surface area contributed by atoms with Crippen LogP contribution in [-0.2, 0) is 16.0 Å². The van der Waals surface area contributed by atoms with Crippen molar-refractivity contribution in [3.05, 3.63) is 48.2 Å². The Bertz CT molecular complexity index is 682. The van der Waals surface area contributed by atoms with Gasteiger partial charge in [-0.15, -0.1) is 0 Å². The smallest absolute Gasteiger partial charge is 0.229 e. The fraction of sp³-hybridized carbons (Fsp3) is 0.333. The number of ether oxygens (including phenoxy) is 2. The molecule has 0 bridgehead atoms. The van der Waals surface area contributed by atoms with Gasteiger partial charge in [-0.3, -0.25) is 4.79 Å². The van der Waals surface area contributed by atoms with Crippen LogP contribution in [0.1, 0.15) is 5.56 Å². The third kappa shape index (κ3) is 4.23. The van der Waals surface area contributed by atoms with Gasteiger partial charge in [0, 0.05) is 13.1 Å². The van der Waals surface area contributed by atoms with Crippen molar-refractivity contribution in [2.24, 2.45) is 0 Å². The SMILES string of the molecule is COc1cccc(CC(=O)Nc2ccc(N3CCOCC3)cn2)c1. The highest BCUT2D eigenvalue weighted by atomic mass is 16.5. The maximum Gasteiger partial charge on any atom is 0.229 e. The van der Waals surface area contributed by atoms with Crippen LogP contribution < -0.4 is 15.0 Å². The third-order valence-corrected chi connectivity index (χ3v) is 3.89. The Balaban J connectivity index is 1.57. The van der Waals surface area contributed by atoms with Crippen molar-refractivity contribution < 1.29 is 14.3 Å². The predicted octanol–water partition coefficient (Wildman–Crippen LogP) is 2.11. The second-order valence-corrected chi connectivity index (χ2v) is 5.58. The third-order valence-electron chi connectivity index (χ3n) is 3.89. The molecule has 1 N–H and O–H groups in total. The molecule has 1 amide bonds. The van der Waals surface area contributed by atoms with Gasteiger partial charge in [-0.25, -0.2) is 4.98 Å². The molecule has 1 aliphatic rings. The van der Waals surface area contributed by atoms with E-state index in [0.29, 0.717) is 5.82 Å². The molecule has 0 spiro atoms. The number of hydrogen-bond acceptors (Lipinski definition) is 5. The Morgan fingerprint density at radius 3 is 2.83 bits per heavy atom. The zero-order valence-electron chi connectivity index (χ0n) is 13.7. The second kappa shape index (κ2) is 7.79. The standard InChI is InChI=1S/C18H21N3O3/c1-23-16-4-2-3-14(11-16)12-18(22)20-17-6-5-15(13-19-17)21-7-9-24-10-8-21/h2-6,11,13H,7-10,12H2,1H3,(H,19,20,22). The van der Waals surface area contributed by atoms with Crippen LogP contribution in [0.15, 0.2) is 42.6 Å². The molecule has 1 aromatic heterocycles. The number of morpholine rings is 1. The molecule has 1 aliphatic heterocycles. The Labute approximate surface area is 141 Å². The van der Waals surface area contributed by atoms with Crippen molar-refractivity contribution in [1.29, 1.82) is 0 Å². The molecular weight excluding hydrogens is 306 g/mol. The lowest BCUT2D eigenvalue weighted by atomic mass is 10.1. The average Bonchev–Trinajstić information content (AvgIpc) is 2.63. The first-order valence-corrected chi connectivity index (χ1v) is 7.96. The number of carbonyl (C=O) groups is 1. The Hall–Kier alpha value is -2.60. The molecule has 6 nitrogen and oxygen atoms in total. The largest absolute Gasteiger partial charge is 0.497 e. The van der Waals surface area contributed by atoms with E-state index >= 15 is 0 Å². The summed E-state index contributed by atoms with van der Waals surface area (Å²) in [4.78, 5) is 18.7. The molecule has 0 unspecified atom stereocenters. The van der Waals surface area contributed by atoms with Crippen LogP contribution in [-0.4, -0.2) is 44.3 Å². The number of methoxy groups -OCH3 is 1. The number of pyridine rings is 1. The Morgan fingerprint density at radius 2 is 2.12 bits per heavy atom. The van der Waals surface area contributed by atoms with Gasteiger partial charge in [0.25, 0.3) is 0 Å². The summed E-state index contributed by atoms with van der Waals surface area (Å²) in [5, 5.41) is 2.82. The number of carbonyl (C=O) groups excluding carboxylic acids is 1. The van der Waals surface area contributed by atoms with Gasteiger partial charge >= 0.3 is 0 Å². The van der Waals surface area contributed by atoms with Crippen LogP contribution in [0, 0.1) is 0 Å². The van der Waals surface area contributed by atoms with Gasteiger partial charge < -0.3 is 19.7 Å². The van der Waals surface area contributed by atoms with Crippen molar-refractivity contribution in [3.63, 3.8) is 0 Å². The minimum atomic E-state index is -0.102. The number of benzene rings is 1. The van der Waals surface area contributed by atoms with Gasteiger partial charge in [-0.2, -0.15) is 0 Å². The Morgan fingerprint density at radius 1 is 1.29 bits per heavy atom. The van der Waals surface area contributed by atoms with Crippen LogP contribution >= 0.6 is 0 Å². The first-order chi connectivity index (χ1) is 11.7. The molecule has 0 atom stereocenters. The molecule has 126 valence electrons. The number of nitrogens with one attached hydrogen (secondary N) is 1. The predicted molar refractivity (Wildman–Crippen MR) is 92.6 cm³/mol. The van der Waals surface area contributed by atoms with Crippen LogP contribution in [0.25, 0.3) is 0 Å². The van der Waals surface area contributed by atoms with Crippen molar-refractivity contribution in [2.75, 3.05) is 43.6 Å². The molecule has 1 saturated heterocycles. The van der Waals surface area contributed by atoms with E-state index < -0.39 is 0 Å². The van der Waals surface area contributed by atoms with Crippen molar-refractivity contribution in [1.82, 2.24) is 4.98 Å². The molecule has 3 rings (SSSR count). The zero-order chi connectivity index (χ0) is 16.8. The zero-order valence-corrected chi connectivity index (χ0v) is 13.7. The Kier molecular flexibility index (Phi) is 5.28. The van der Waals surface area contributed by atoms with Gasteiger partial charge in [0.1, 0.15) is 11.6 Å². The first kappa shape index (κ1) is 16.3. The molecule has 24 heavy (non-hydrogen) atoms. The van der Waals surface area contributed by atoms with Gasteiger partial charge in [-0.1, -0.05) is 12.1 Å². The highest BCUT2D eigenvalue weighted by Gasteiger charge is 2.12. The van der Waals surface area contributed by atoms with E-state index in [4.69, 9.17) is 9.47 Å². The quantitative estimate of drug-likeness (QED) is 0.911. The summed E-state index contributed by atoms with van der Waals surface area (Å²) in [6, 6.07) is 11.3. The normalized spacial score (nSPS) is 14.3. The average molecular weight is 327 g/mol. The maximum atomic E-state index is 12.1. The van der Waals surface area contributed by atoms with E-state index in [0.717, 1.165) is 43.3 Å². The van der Waals surface area contributed by atoms with Crippen LogP contribution in [0.4, 0.5) is 11.5 Å². The summed E-state index contributed by atoms with van der Waals surface area (Å²) in [5.41, 5.74) is 1.95. The number of aromatic nitrogens is 1. The lowest BCUT2D eigenvalue weighted by Gasteiger charge is -2.28. The molecule has 0 saturated carbocycles. The fourth-order valence-corrected chi connectivity index (χ4v) is 2.62. The van der Waals surface area contributed by atoms with Crippen molar-refractivity contribution in [2.45, 2.75) is 6.42 Å². The minimum absolute atomic E-state index is 0.102. The molecule has 1 aromatic carbocycles. The van der Waals surface area contributed by atoms with E-state index in [1.165, 1.54) is 0 Å². The lowest BCUT2D eigenvalue weighted by molar-refractivity contribution is -0.115. The highest BCUT2D eigenvalue weighted by molar-refractivity contribution is 5.91. The lowest BCUT2D eigenvalue weighted by Crippen LogP contribution is -2.36. The van der Waals surface area contributed by atoms with Crippen LogP contribution in [0.5, 0.6) is 5.75 Å². The van der Waals surface area contributed by atoms with E-state index in [-0.39, 0.29) is 12.3 Å². The summed E-state index contributed by atoms with van der Waals surface area (Å²) in [5.74, 6) is 1.20. The summed E-state index contributed by atoms with van der Waals surface area (Å²) < 4.78 is 10.5. The molecule has 0 radical (unpaired) electrons. The number of hydrogen-bond donors (Lipinski definition) is 1. The molecule has 6 heteroatoms. The first-order valence-electron chi connectivity index (χ1n) is 7.96. The van der Waals surface area contributed by atoms with Crippen LogP contribution in [0.2, 0.25) is 0 Å². The number of amides is 1. The molecule has 0 aliphatic carbocycles. The molecule has 1 fully saturated rings. The minimum Gasteiger partial charge on any atom is -0.497 e. The van der Waals surface area contributed by atoms with Crippen LogP contribution in [0.3, 0.4) is 0 Å². The monoisotopic (exact) mass is 327 g/mol. The van der Waals surface area contributed by atoms with E-state index in [1.54, 1.807) is 13.3 Å². The fourth-order valence-electron chi connectivity index (χ4n) is 2.62. The van der Waals surface area contributed by atoms with Crippen molar-refractivity contribution in [3.8, 4) is 5.75 Å². The van der Waals surface area contributed by atoms with E-state index in [1.807, 2.05) is 36.4 Å². The van der Waals surface area contributed by atoms with Gasteiger partial charge in [0.05, 0.1) is 38.6 Å². The van der Waals surface area contributed by atoms with E-state index in [9.17, 15) is 4.79 Å². The van der Waals surface area contributed by atoms with E-state index in [2.05, 4.69) is 15.2 Å². The number of nitrogens with zero attached hydrogens (tertiary/aromatic N) is 2. The van der Waals surface area contributed by atoms with Gasteiger partial charge in [0.2, 0.25) is 5.91 Å². The highest BCUT2D eigenvalue weighted by Crippen LogP contribution is 2.17. The second-order valence-electron chi connectivity index (χ2n) is 5.58. The summed E-state index contributed by atoms with van der Waals surface area (Å²) in [7, 11) is 1.61. The number of rotatable bonds is 5. The topological polar surface area (TPSA) is 63.7 Å². The molecular formula is C18H21N3O3. The summed E-state index contributed by atoms with van der Waals surface area (Å²) >= 11 is 0. The van der Waals surface area contributed by atoms with Gasteiger partial charge in [-0.05, 0) is 29.8 Å². The summed E-state index contributed by atoms with van der Waals surface area (Å²) in [6.07, 6.45) is 2.07.